The summed E-state index contributed by atoms with van der Waals surface area (Å²) in [7, 11) is -2.58. The van der Waals surface area contributed by atoms with Gasteiger partial charge in [-0.3, -0.25) is 0 Å². The molecule has 0 aliphatic heterocycles. The van der Waals surface area contributed by atoms with E-state index in [0.717, 1.165) is 10.4 Å². The zero-order valence-corrected chi connectivity index (χ0v) is 12.9. The van der Waals surface area contributed by atoms with Gasteiger partial charge in [-0.05, 0) is 32.0 Å². The SMILES string of the molecule is COc1ccc(S(=O)(=O)N(CCO)C(C)C)cc1C(=O)O. The maximum absolute atomic E-state index is 12.5. The van der Waals surface area contributed by atoms with Crippen LogP contribution in [0.3, 0.4) is 0 Å². The maximum Gasteiger partial charge on any atom is 0.339 e. The first-order valence-electron chi connectivity index (χ1n) is 6.29. The first kappa shape index (κ1) is 17.4. The highest BCUT2D eigenvalue weighted by molar-refractivity contribution is 7.89. The Morgan fingerprint density at radius 3 is 2.43 bits per heavy atom. The van der Waals surface area contributed by atoms with Crippen molar-refractivity contribution < 1.29 is 28.2 Å². The molecule has 0 atom stereocenters. The van der Waals surface area contributed by atoms with Crippen LogP contribution in [0.25, 0.3) is 0 Å². The smallest absolute Gasteiger partial charge is 0.339 e. The second-order valence-corrected chi connectivity index (χ2v) is 6.49. The summed E-state index contributed by atoms with van der Waals surface area (Å²) in [5.74, 6) is -1.19. The van der Waals surface area contributed by atoms with Gasteiger partial charge < -0.3 is 14.9 Å². The van der Waals surface area contributed by atoms with Crippen molar-refractivity contribution in [2.24, 2.45) is 0 Å². The number of carboxylic acids is 1. The van der Waals surface area contributed by atoms with Crippen LogP contribution in [0, 0.1) is 0 Å². The Bertz CT molecular complexity index is 611. The minimum atomic E-state index is -3.89. The predicted octanol–water partition coefficient (Wildman–Crippen LogP) is 0.785. The lowest BCUT2D eigenvalue weighted by Crippen LogP contribution is -2.39. The third-order valence-electron chi connectivity index (χ3n) is 2.90. The van der Waals surface area contributed by atoms with E-state index < -0.39 is 16.0 Å². The second kappa shape index (κ2) is 6.88. The molecule has 0 spiro atoms. The van der Waals surface area contributed by atoms with Gasteiger partial charge in [0.15, 0.2) is 0 Å². The topological polar surface area (TPSA) is 104 Å². The van der Waals surface area contributed by atoms with E-state index in [4.69, 9.17) is 14.9 Å². The fraction of sp³-hybridized carbons (Fsp3) is 0.462. The molecule has 0 aromatic heterocycles. The maximum atomic E-state index is 12.5. The predicted molar refractivity (Wildman–Crippen MR) is 76.1 cm³/mol. The molecule has 8 heteroatoms. The largest absolute Gasteiger partial charge is 0.496 e. The number of aromatic carboxylic acids is 1. The lowest BCUT2D eigenvalue weighted by atomic mass is 10.2. The average Bonchev–Trinajstić information content (AvgIpc) is 2.43. The summed E-state index contributed by atoms with van der Waals surface area (Å²) in [6.07, 6.45) is 0. The van der Waals surface area contributed by atoms with Gasteiger partial charge in [-0.2, -0.15) is 4.31 Å². The highest BCUT2D eigenvalue weighted by atomic mass is 32.2. The van der Waals surface area contributed by atoms with Gasteiger partial charge >= 0.3 is 5.97 Å². The molecule has 0 unspecified atom stereocenters. The van der Waals surface area contributed by atoms with Crippen LogP contribution in [0.5, 0.6) is 5.75 Å². The molecule has 2 N–H and O–H groups in total. The summed E-state index contributed by atoms with van der Waals surface area (Å²) >= 11 is 0. The molecule has 1 rings (SSSR count). The third-order valence-corrected chi connectivity index (χ3v) is 4.98. The molecular formula is C13H19NO6S. The molecule has 0 bridgehead atoms. The molecule has 0 aliphatic rings. The molecule has 0 aliphatic carbocycles. The van der Waals surface area contributed by atoms with Crippen LogP contribution in [0.4, 0.5) is 0 Å². The zero-order chi connectivity index (χ0) is 16.2. The highest BCUT2D eigenvalue weighted by Crippen LogP contribution is 2.25. The Morgan fingerprint density at radius 2 is 2.00 bits per heavy atom. The number of ether oxygens (including phenoxy) is 1. The summed E-state index contributed by atoms with van der Waals surface area (Å²) in [4.78, 5) is 11.0. The highest BCUT2D eigenvalue weighted by Gasteiger charge is 2.28. The van der Waals surface area contributed by atoms with Crippen LogP contribution in [-0.2, 0) is 10.0 Å². The molecule has 118 valence electrons. The van der Waals surface area contributed by atoms with E-state index in [2.05, 4.69) is 0 Å². The summed E-state index contributed by atoms with van der Waals surface area (Å²) < 4.78 is 31.1. The van der Waals surface area contributed by atoms with E-state index in [1.807, 2.05) is 0 Å². The van der Waals surface area contributed by atoms with Gasteiger partial charge in [-0.15, -0.1) is 0 Å². The van der Waals surface area contributed by atoms with Gasteiger partial charge in [-0.1, -0.05) is 0 Å². The number of nitrogens with zero attached hydrogens (tertiary/aromatic N) is 1. The Morgan fingerprint density at radius 1 is 1.38 bits per heavy atom. The standard InChI is InChI=1S/C13H19NO6S/c1-9(2)14(6-7-15)21(18,19)10-4-5-12(20-3)11(8-10)13(16)17/h4-5,8-9,15H,6-7H2,1-3H3,(H,16,17). The van der Waals surface area contributed by atoms with E-state index in [9.17, 15) is 13.2 Å². The molecule has 21 heavy (non-hydrogen) atoms. The van der Waals surface area contributed by atoms with Crippen LogP contribution >= 0.6 is 0 Å². The van der Waals surface area contributed by atoms with Crippen molar-refractivity contribution in [1.82, 2.24) is 4.31 Å². The quantitative estimate of drug-likeness (QED) is 0.770. The Kier molecular flexibility index (Phi) is 5.70. The molecule has 0 fully saturated rings. The molecular weight excluding hydrogens is 298 g/mol. The van der Waals surface area contributed by atoms with Crippen LogP contribution < -0.4 is 4.74 Å². The van der Waals surface area contributed by atoms with Crippen molar-refractivity contribution in [3.05, 3.63) is 23.8 Å². The summed E-state index contributed by atoms with van der Waals surface area (Å²) in [6, 6.07) is 3.28. The lowest BCUT2D eigenvalue weighted by molar-refractivity contribution is 0.0693. The number of carbonyl (C=O) groups is 1. The van der Waals surface area contributed by atoms with Crippen LogP contribution in [0.1, 0.15) is 24.2 Å². The molecule has 0 saturated heterocycles. The van der Waals surface area contributed by atoms with Crippen molar-refractivity contribution in [2.75, 3.05) is 20.3 Å². The lowest BCUT2D eigenvalue weighted by Gasteiger charge is -2.25. The number of methoxy groups -OCH3 is 1. The molecule has 1 aromatic carbocycles. The van der Waals surface area contributed by atoms with Gasteiger partial charge in [0, 0.05) is 12.6 Å². The van der Waals surface area contributed by atoms with Crippen molar-refractivity contribution in [2.45, 2.75) is 24.8 Å². The van der Waals surface area contributed by atoms with Crippen LogP contribution in [0.15, 0.2) is 23.1 Å². The molecule has 0 radical (unpaired) electrons. The van der Waals surface area contributed by atoms with E-state index >= 15 is 0 Å². The number of hydrogen-bond donors (Lipinski definition) is 2. The average molecular weight is 317 g/mol. The Hall–Kier alpha value is -1.64. The van der Waals surface area contributed by atoms with E-state index in [-0.39, 0.29) is 35.4 Å². The Balaban J connectivity index is 3.37. The number of aliphatic hydroxyl groups excluding tert-OH is 1. The van der Waals surface area contributed by atoms with Gasteiger partial charge in [0.05, 0.1) is 18.6 Å². The molecule has 7 nitrogen and oxygen atoms in total. The van der Waals surface area contributed by atoms with Crippen molar-refractivity contribution in [1.29, 1.82) is 0 Å². The van der Waals surface area contributed by atoms with E-state index in [1.165, 1.54) is 19.2 Å². The van der Waals surface area contributed by atoms with Gasteiger partial charge in [0.25, 0.3) is 0 Å². The number of carboxylic acid groups (broad SMARTS) is 1. The fourth-order valence-electron chi connectivity index (χ4n) is 1.90. The Labute approximate surface area is 123 Å². The minimum Gasteiger partial charge on any atom is -0.496 e. The minimum absolute atomic E-state index is 0.0611. The number of hydrogen-bond acceptors (Lipinski definition) is 5. The number of benzene rings is 1. The number of sulfonamides is 1. The summed E-state index contributed by atoms with van der Waals surface area (Å²) in [5.41, 5.74) is -0.230. The zero-order valence-electron chi connectivity index (χ0n) is 12.1. The molecule has 0 amide bonds. The number of aliphatic hydroxyl groups is 1. The van der Waals surface area contributed by atoms with Gasteiger partial charge in [-0.25, -0.2) is 13.2 Å². The van der Waals surface area contributed by atoms with Crippen LogP contribution in [-0.4, -0.2) is 55.2 Å². The normalized spacial score (nSPS) is 11.9. The van der Waals surface area contributed by atoms with Crippen molar-refractivity contribution >= 4 is 16.0 Å². The molecule has 0 heterocycles. The van der Waals surface area contributed by atoms with Crippen molar-refractivity contribution in [3.63, 3.8) is 0 Å². The summed E-state index contributed by atoms with van der Waals surface area (Å²) in [5, 5.41) is 18.1. The van der Waals surface area contributed by atoms with E-state index in [1.54, 1.807) is 13.8 Å². The number of rotatable bonds is 7. The summed E-state index contributed by atoms with van der Waals surface area (Å²) in [6.45, 7) is 2.97. The fourth-order valence-corrected chi connectivity index (χ4v) is 3.56. The van der Waals surface area contributed by atoms with Gasteiger partial charge in [0.2, 0.25) is 10.0 Å². The monoisotopic (exact) mass is 317 g/mol. The first-order chi connectivity index (χ1) is 9.75. The second-order valence-electron chi connectivity index (χ2n) is 4.60. The van der Waals surface area contributed by atoms with Crippen molar-refractivity contribution in [3.8, 4) is 5.75 Å². The molecule has 1 aromatic rings. The van der Waals surface area contributed by atoms with E-state index in [0.29, 0.717) is 0 Å². The first-order valence-corrected chi connectivity index (χ1v) is 7.73. The molecule has 0 saturated carbocycles. The third kappa shape index (κ3) is 3.72. The van der Waals surface area contributed by atoms with Gasteiger partial charge in [0.1, 0.15) is 11.3 Å². The van der Waals surface area contributed by atoms with Crippen LogP contribution in [0.2, 0.25) is 0 Å².